The summed E-state index contributed by atoms with van der Waals surface area (Å²) in [6, 6.07) is 23.9. The molecular formula is C24H23NO5. The Balaban J connectivity index is 1.67. The molecule has 0 aliphatic heterocycles. The van der Waals surface area contributed by atoms with Gasteiger partial charge in [-0.25, -0.2) is 0 Å². The van der Waals surface area contributed by atoms with E-state index in [0.717, 1.165) is 11.1 Å². The van der Waals surface area contributed by atoms with E-state index in [1.54, 1.807) is 24.3 Å². The van der Waals surface area contributed by atoms with Crippen LogP contribution >= 0.6 is 0 Å². The molecule has 0 atom stereocenters. The minimum absolute atomic E-state index is 0.191. The lowest BCUT2D eigenvalue weighted by Crippen LogP contribution is -2.38. The van der Waals surface area contributed by atoms with Gasteiger partial charge in [-0.1, -0.05) is 60.2 Å². The lowest BCUT2D eigenvalue weighted by Gasteiger charge is -2.21. The second-order valence-corrected chi connectivity index (χ2v) is 6.78. The number of nitrogens with zero attached hydrogens (tertiary/aromatic N) is 1. The molecule has 0 saturated carbocycles. The van der Waals surface area contributed by atoms with Crippen molar-refractivity contribution in [1.82, 2.24) is 4.90 Å². The normalized spacial score (nSPS) is 10.3. The van der Waals surface area contributed by atoms with Gasteiger partial charge < -0.3 is 19.5 Å². The average Bonchev–Trinajstić information content (AvgIpc) is 2.74. The number of carbonyl (C=O) groups is 2. The Labute approximate surface area is 175 Å². The average molecular weight is 405 g/mol. The van der Waals surface area contributed by atoms with Gasteiger partial charge in [0.15, 0.2) is 18.1 Å². The van der Waals surface area contributed by atoms with E-state index in [9.17, 15) is 14.7 Å². The Kier molecular flexibility index (Phi) is 7.05. The van der Waals surface area contributed by atoms with E-state index in [4.69, 9.17) is 9.47 Å². The molecule has 0 aliphatic rings. The van der Waals surface area contributed by atoms with E-state index >= 15 is 0 Å². The Bertz CT molecular complexity index is 986. The fraction of sp³-hybridized carbons (Fsp3) is 0.167. The fourth-order valence-electron chi connectivity index (χ4n) is 2.81. The number of ether oxygens (including phenoxy) is 2. The van der Waals surface area contributed by atoms with Gasteiger partial charge in [0.1, 0.15) is 12.3 Å². The quantitative estimate of drug-likeness (QED) is 0.575. The highest BCUT2D eigenvalue weighted by molar-refractivity contribution is 5.82. The topological polar surface area (TPSA) is 76.1 Å². The summed E-state index contributed by atoms with van der Waals surface area (Å²) in [7, 11) is 0. The van der Waals surface area contributed by atoms with Crippen molar-refractivity contribution in [3.05, 3.63) is 90.0 Å². The van der Waals surface area contributed by atoms with Crippen LogP contribution in [0.4, 0.5) is 0 Å². The molecule has 0 heterocycles. The largest absolute Gasteiger partial charge is 0.480 e. The highest BCUT2D eigenvalue weighted by Crippen LogP contribution is 2.31. The summed E-state index contributed by atoms with van der Waals surface area (Å²) in [5.74, 6) is 0.0163. The molecule has 0 fully saturated rings. The lowest BCUT2D eigenvalue weighted by molar-refractivity contribution is -0.145. The lowest BCUT2D eigenvalue weighted by atomic mass is 10.1. The molecule has 1 N–H and O–H groups in total. The van der Waals surface area contributed by atoms with Crippen LogP contribution < -0.4 is 9.47 Å². The first-order valence-electron chi connectivity index (χ1n) is 9.51. The van der Waals surface area contributed by atoms with E-state index in [1.165, 1.54) is 4.90 Å². The molecule has 0 radical (unpaired) electrons. The number of para-hydroxylation sites is 3. The van der Waals surface area contributed by atoms with Crippen molar-refractivity contribution in [3.63, 3.8) is 0 Å². The Hall–Kier alpha value is -3.80. The van der Waals surface area contributed by atoms with Crippen molar-refractivity contribution in [2.45, 2.75) is 13.5 Å². The molecule has 6 nitrogen and oxygen atoms in total. The van der Waals surface area contributed by atoms with Crippen LogP contribution in [0.5, 0.6) is 17.2 Å². The van der Waals surface area contributed by atoms with Crippen LogP contribution in [0.1, 0.15) is 11.1 Å². The number of hydrogen-bond acceptors (Lipinski definition) is 4. The van der Waals surface area contributed by atoms with Crippen molar-refractivity contribution in [1.29, 1.82) is 0 Å². The Morgan fingerprint density at radius 2 is 1.50 bits per heavy atom. The van der Waals surface area contributed by atoms with Gasteiger partial charge in [0, 0.05) is 6.54 Å². The van der Waals surface area contributed by atoms with E-state index in [0.29, 0.717) is 17.2 Å². The van der Waals surface area contributed by atoms with Crippen molar-refractivity contribution in [2.24, 2.45) is 0 Å². The van der Waals surface area contributed by atoms with Gasteiger partial charge in [-0.3, -0.25) is 9.59 Å². The van der Waals surface area contributed by atoms with E-state index in [-0.39, 0.29) is 13.2 Å². The number of benzene rings is 3. The van der Waals surface area contributed by atoms with Crippen LogP contribution in [-0.4, -0.2) is 35.0 Å². The number of rotatable bonds is 9. The van der Waals surface area contributed by atoms with Crippen LogP contribution in [0.15, 0.2) is 78.9 Å². The van der Waals surface area contributed by atoms with Crippen LogP contribution in [0.25, 0.3) is 0 Å². The minimum Gasteiger partial charge on any atom is -0.480 e. The summed E-state index contributed by atoms with van der Waals surface area (Å²) < 4.78 is 11.5. The van der Waals surface area contributed by atoms with Gasteiger partial charge >= 0.3 is 5.97 Å². The van der Waals surface area contributed by atoms with E-state index in [2.05, 4.69) is 0 Å². The standard InChI is InChI=1S/C24H23NO5/c1-18-11-13-19(14-12-18)15-25(16-24(27)28)23(26)17-29-21-9-5-6-10-22(21)30-20-7-3-2-4-8-20/h2-14H,15-17H2,1H3,(H,27,28). The smallest absolute Gasteiger partial charge is 0.323 e. The fourth-order valence-corrected chi connectivity index (χ4v) is 2.81. The molecule has 6 heteroatoms. The summed E-state index contributed by atoms with van der Waals surface area (Å²) >= 11 is 0. The second-order valence-electron chi connectivity index (χ2n) is 6.78. The summed E-state index contributed by atoms with van der Waals surface area (Å²) in [6.45, 7) is 1.45. The maximum Gasteiger partial charge on any atom is 0.323 e. The zero-order valence-corrected chi connectivity index (χ0v) is 16.7. The van der Waals surface area contributed by atoms with Gasteiger partial charge in [-0.2, -0.15) is 0 Å². The third kappa shape index (κ3) is 6.10. The number of carboxylic acids is 1. The Morgan fingerprint density at radius 3 is 2.17 bits per heavy atom. The monoisotopic (exact) mass is 405 g/mol. The molecule has 0 aliphatic carbocycles. The molecule has 3 aromatic rings. The molecule has 3 rings (SSSR count). The number of aliphatic carboxylic acids is 1. The number of hydrogen-bond donors (Lipinski definition) is 1. The summed E-state index contributed by atoms with van der Waals surface area (Å²) in [4.78, 5) is 25.2. The first-order valence-corrected chi connectivity index (χ1v) is 9.51. The zero-order valence-electron chi connectivity index (χ0n) is 16.7. The van der Waals surface area contributed by atoms with Crippen molar-refractivity contribution >= 4 is 11.9 Å². The van der Waals surface area contributed by atoms with E-state index in [1.807, 2.05) is 61.5 Å². The Morgan fingerprint density at radius 1 is 0.867 bits per heavy atom. The van der Waals surface area contributed by atoms with Crippen LogP contribution in [0.3, 0.4) is 0 Å². The van der Waals surface area contributed by atoms with Gasteiger partial charge in [0.05, 0.1) is 0 Å². The summed E-state index contributed by atoms with van der Waals surface area (Å²) in [5.41, 5.74) is 1.94. The number of amides is 1. The van der Waals surface area contributed by atoms with Gasteiger partial charge in [0.25, 0.3) is 5.91 Å². The van der Waals surface area contributed by atoms with Crippen molar-refractivity contribution in [3.8, 4) is 17.2 Å². The zero-order chi connectivity index (χ0) is 21.3. The third-order valence-corrected chi connectivity index (χ3v) is 4.34. The molecule has 0 unspecified atom stereocenters. The highest BCUT2D eigenvalue weighted by atomic mass is 16.5. The number of carboxylic acid groups (broad SMARTS) is 1. The molecule has 1 amide bonds. The molecule has 0 saturated heterocycles. The molecule has 30 heavy (non-hydrogen) atoms. The predicted octanol–water partition coefficient (Wildman–Crippen LogP) is 4.28. The maximum atomic E-state index is 12.7. The van der Waals surface area contributed by atoms with Crippen molar-refractivity contribution in [2.75, 3.05) is 13.2 Å². The molecule has 0 aromatic heterocycles. The summed E-state index contributed by atoms with van der Waals surface area (Å²) in [5, 5.41) is 9.19. The SMILES string of the molecule is Cc1ccc(CN(CC(=O)O)C(=O)COc2ccccc2Oc2ccccc2)cc1. The van der Waals surface area contributed by atoms with Crippen molar-refractivity contribution < 1.29 is 24.2 Å². The molecular weight excluding hydrogens is 382 g/mol. The number of aryl methyl sites for hydroxylation is 1. The minimum atomic E-state index is -1.08. The van der Waals surface area contributed by atoms with Crippen LogP contribution in [-0.2, 0) is 16.1 Å². The van der Waals surface area contributed by atoms with Crippen LogP contribution in [0.2, 0.25) is 0 Å². The predicted molar refractivity (Wildman–Crippen MR) is 113 cm³/mol. The molecule has 154 valence electrons. The molecule has 0 spiro atoms. The summed E-state index contributed by atoms with van der Waals surface area (Å²) in [6.07, 6.45) is 0. The van der Waals surface area contributed by atoms with Crippen LogP contribution in [0, 0.1) is 6.92 Å². The molecule has 3 aromatic carbocycles. The maximum absolute atomic E-state index is 12.7. The highest BCUT2D eigenvalue weighted by Gasteiger charge is 2.19. The molecule has 0 bridgehead atoms. The van der Waals surface area contributed by atoms with Gasteiger partial charge in [0.2, 0.25) is 0 Å². The first kappa shape index (κ1) is 20.9. The van der Waals surface area contributed by atoms with Gasteiger partial charge in [-0.05, 0) is 36.8 Å². The first-order chi connectivity index (χ1) is 14.5. The number of carbonyl (C=O) groups excluding carboxylic acids is 1. The third-order valence-electron chi connectivity index (χ3n) is 4.34. The van der Waals surface area contributed by atoms with E-state index < -0.39 is 18.4 Å². The van der Waals surface area contributed by atoms with Gasteiger partial charge in [-0.15, -0.1) is 0 Å². The second kappa shape index (κ2) is 10.1.